The van der Waals surface area contributed by atoms with Crippen molar-refractivity contribution in [1.82, 2.24) is 9.47 Å². The molecule has 0 atom stereocenters. The van der Waals surface area contributed by atoms with Crippen molar-refractivity contribution in [3.8, 4) is 0 Å². The number of nitrogens with zero attached hydrogens (tertiary/aromatic N) is 2. The second-order valence-electron chi connectivity index (χ2n) is 4.99. The highest BCUT2D eigenvalue weighted by Gasteiger charge is 2.17. The molecule has 106 valence electrons. The number of likely N-dealkylation sites (N-methyl/N-ethyl adjacent to an activating group) is 1. The van der Waals surface area contributed by atoms with Crippen molar-refractivity contribution in [2.24, 2.45) is 0 Å². The molecule has 0 saturated carbocycles. The van der Waals surface area contributed by atoms with Crippen molar-refractivity contribution in [3.05, 3.63) is 29.5 Å². The molecule has 0 aliphatic rings. The van der Waals surface area contributed by atoms with Crippen LogP contribution in [0, 0.1) is 6.92 Å². The minimum Gasteiger partial charge on any atom is -0.478 e. The molecule has 0 fully saturated rings. The summed E-state index contributed by atoms with van der Waals surface area (Å²) in [4.78, 5) is 24.6. The van der Waals surface area contributed by atoms with Crippen LogP contribution in [0.4, 0.5) is 5.69 Å². The number of amides is 1. The van der Waals surface area contributed by atoms with Crippen LogP contribution < -0.4 is 5.73 Å². The first kappa shape index (κ1) is 13.9. The van der Waals surface area contributed by atoms with Gasteiger partial charge in [0.05, 0.1) is 11.1 Å². The van der Waals surface area contributed by atoms with Gasteiger partial charge in [0.15, 0.2) is 0 Å². The second kappa shape index (κ2) is 4.88. The molecule has 2 rings (SSSR count). The second-order valence-corrected chi connectivity index (χ2v) is 4.99. The number of carbonyl (C=O) groups excluding carboxylic acids is 1. The predicted octanol–water partition coefficient (Wildman–Crippen LogP) is 1.32. The van der Waals surface area contributed by atoms with E-state index in [4.69, 9.17) is 5.73 Å². The Hall–Kier alpha value is -2.50. The Balaban J connectivity index is 2.63. The zero-order valence-electron chi connectivity index (χ0n) is 11.7. The lowest BCUT2D eigenvalue weighted by Gasteiger charge is -2.12. The van der Waals surface area contributed by atoms with Gasteiger partial charge in [-0.2, -0.15) is 0 Å². The molecule has 0 unspecified atom stereocenters. The van der Waals surface area contributed by atoms with E-state index < -0.39 is 5.97 Å². The number of nitrogen functional groups attached to an aromatic ring is 1. The van der Waals surface area contributed by atoms with Gasteiger partial charge in [-0.3, -0.25) is 4.79 Å². The van der Waals surface area contributed by atoms with Crippen LogP contribution in [-0.2, 0) is 11.3 Å². The number of aryl methyl sites for hydroxylation is 1. The summed E-state index contributed by atoms with van der Waals surface area (Å²) in [6, 6.07) is 3.45. The molecule has 0 radical (unpaired) electrons. The average molecular weight is 275 g/mol. The largest absolute Gasteiger partial charge is 0.478 e. The number of carboxylic acid groups (broad SMARTS) is 1. The van der Waals surface area contributed by atoms with Gasteiger partial charge in [-0.15, -0.1) is 0 Å². The quantitative estimate of drug-likeness (QED) is 0.827. The van der Waals surface area contributed by atoms with Crippen LogP contribution >= 0.6 is 0 Å². The first-order valence-corrected chi connectivity index (χ1v) is 6.13. The van der Waals surface area contributed by atoms with Crippen molar-refractivity contribution < 1.29 is 14.7 Å². The fourth-order valence-corrected chi connectivity index (χ4v) is 2.05. The lowest BCUT2D eigenvalue weighted by molar-refractivity contribution is -0.129. The van der Waals surface area contributed by atoms with E-state index in [9.17, 15) is 14.7 Å². The predicted molar refractivity (Wildman–Crippen MR) is 76.7 cm³/mol. The van der Waals surface area contributed by atoms with Crippen LogP contribution in [0.3, 0.4) is 0 Å². The smallest absolute Gasteiger partial charge is 0.337 e. The topological polar surface area (TPSA) is 88.6 Å². The number of aromatic nitrogens is 1. The van der Waals surface area contributed by atoms with Crippen molar-refractivity contribution in [2.45, 2.75) is 13.5 Å². The molecule has 6 nitrogen and oxygen atoms in total. The number of rotatable bonds is 3. The fourth-order valence-electron chi connectivity index (χ4n) is 2.05. The van der Waals surface area contributed by atoms with Crippen molar-refractivity contribution in [3.63, 3.8) is 0 Å². The first-order chi connectivity index (χ1) is 9.31. The lowest BCUT2D eigenvalue weighted by Crippen LogP contribution is -2.25. The standard InChI is InChI=1S/C14H17N3O3/c1-8-4-9-10(14(19)20)6-17(7-13(18)16(2)3)12(9)5-11(8)15/h4-6H,7,15H2,1-3H3,(H,19,20). The summed E-state index contributed by atoms with van der Waals surface area (Å²) in [6.07, 6.45) is 1.48. The fraction of sp³-hybridized carbons (Fsp3) is 0.286. The number of nitrogens with two attached hydrogens (primary N) is 1. The Bertz CT molecular complexity index is 701. The van der Waals surface area contributed by atoms with Gasteiger partial charge in [-0.05, 0) is 24.6 Å². The van der Waals surface area contributed by atoms with E-state index in [-0.39, 0.29) is 18.0 Å². The third kappa shape index (κ3) is 2.32. The molecule has 2 aromatic rings. The maximum absolute atomic E-state index is 11.8. The van der Waals surface area contributed by atoms with Gasteiger partial charge in [0.2, 0.25) is 5.91 Å². The number of anilines is 1. The van der Waals surface area contributed by atoms with Crippen LogP contribution in [0.5, 0.6) is 0 Å². The summed E-state index contributed by atoms with van der Waals surface area (Å²) in [6.45, 7) is 1.90. The highest BCUT2D eigenvalue weighted by Crippen LogP contribution is 2.26. The zero-order valence-corrected chi connectivity index (χ0v) is 11.7. The lowest BCUT2D eigenvalue weighted by atomic mass is 10.1. The molecule has 0 bridgehead atoms. The summed E-state index contributed by atoms with van der Waals surface area (Å²) in [5, 5.41) is 9.85. The molecule has 1 amide bonds. The van der Waals surface area contributed by atoms with E-state index in [1.807, 2.05) is 6.92 Å². The SMILES string of the molecule is Cc1cc2c(C(=O)O)cn(CC(=O)N(C)C)c2cc1N. The zero-order chi connectivity index (χ0) is 15.0. The van der Waals surface area contributed by atoms with Crippen molar-refractivity contribution in [1.29, 1.82) is 0 Å². The van der Waals surface area contributed by atoms with E-state index in [1.54, 1.807) is 30.8 Å². The molecular weight excluding hydrogens is 258 g/mol. The first-order valence-electron chi connectivity index (χ1n) is 6.13. The Morgan fingerprint density at radius 3 is 2.55 bits per heavy atom. The summed E-state index contributed by atoms with van der Waals surface area (Å²) < 4.78 is 1.62. The number of carboxylic acids is 1. The van der Waals surface area contributed by atoms with Crippen LogP contribution in [0.15, 0.2) is 18.3 Å². The third-order valence-electron chi connectivity index (χ3n) is 3.30. The Morgan fingerprint density at radius 2 is 2.00 bits per heavy atom. The Morgan fingerprint density at radius 1 is 1.35 bits per heavy atom. The van der Waals surface area contributed by atoms with E-state index in [0.29, 0.717) is 16.6 Å². The van der Waals surface area contributed by atoms with Gasteiger partial charge in [-0.1, -0.05) is 0 Å². The molecule has 0 aliphatic carbocycles. The number of aromatic carboxylic acids is 1. The minimum absolute atomic E-state index is 0.0826. The number of benzene rings is 1. The van der Waals surface area contributed by atoms with E-state index in [1.165, 1.54) is 11.1 Å². The molecule has 1 aromatic heterocycles. The summed E-state index contributed by atoms with van der Waals surface area (Å²) >= 11 is 0. The molecule has 1 aromatic carbocycles. The van der Waals surface area contributed by atoms with Crippen LogP contribution in [-0.4, -0.2) is 40.5 Å². The highest BCUT2D eigenvalue weighted by atomic mass is 16.4. The summed E-state index contributed by atoms with van der Waals surface area (Å²) in [7, 11) is 3.31. The van der Waals surface area contributed by atoms with E-state index in [2.05, 4.69) is 0 Å². The average Bonchev–Trinajstić information content (AvgIpc) is 2.68. The van der Waals surface area contributed by atoms with Crippen LogP contribution in [0.25, 0.3) is 10.9 Å². The monoisotopic (exact) mass is 275 g/mol. The molecule has 0 saturated heterocycles. The van der Waals surface area contributed by atoms with Gasteiger partial charge in [0, 0.05) is 31.4 Å². The molecule has 3 N–H and O–H groups in total. The summed E-state index contributed by atoms with van der Waals surface area (Å²) in [5.41, 5.74) is 8.10. The maximum Gasteiger partial charge on any atom is 0.337 e. The molecule has 1 heterocycles. The van der Waals surface area contributed by atoms with Gasteiger partial charge in [0.1, 0.15) is 6.54 Å². The highest BCUT2D eigenvalue weighted by molar-refractivity contribution is 6.04. The number of hydrogen-bond donors (Lipinski definition) is 2. The van der Waals surface area contributed by atoms with Crippen molar-refractivity contribution in [2.75, 3.05) is 19.8 Å². The number of carbonyl (C=O) groups is 2. The molecule has 0 aliphatic heterocycles. The van der Waals surface area contributed by atoms with Crippen molar-refractivity contribution >= 4 is 28.5 Å². The van der Waals surface area contributed by atoms with Gasteiger partial charge >= 0.3 is 5.97 Å². The Labute approximate surface area is 116 Å². The number of fused-ring (bicyclic) bond motifs is 1. The minimum atomic E-state index is -1.02. The van der Waals surface area contributed by atoms with E-state index in [0.717, 1.165) is 5.56 Å². The number of hydrogen-bond acceptors (Lipinski definition) is 3. The normalized spacial score (nSPS) is 10.8. The van der Waals surface area contributed by atoms with E-state index >= 15 is 0 Å². The Kier molecular flexibility index (Phi) is 3.40. The third-order valence-corrected chi connectivity index (χ3v) is 3.30. The molecule has 6 heteroatoms. The molecule has 20 heavy (non-hydrogen) atoms. The molecular formula is C14H17N3O3. The van der Waals surface area contributed by atoms with Gasteiger partial charge < -0.3 is 20.3 Å². The summed E-state index contributed by atoms with van der Waals surface area (Å²) in [5.74, 6) is -1.13. The van der Waals surface area contributed by atoms with Crippen LogP contribution in [0.1, 0.15) is 15.9 Å². The molecule has 0 spiro atoms. The van der Waals surface area contributed by atoms with Gasteiger partial charge in [-0.25, -0.2) is 4.79 Å². The van der Waals surface area contributed by atoms with Gasteiger partial charge in [0.25, 0.3) is 0 Å². The maximum atomic E-state index is 11.8. The van der Waals surface area contributed by atoms with Crippen LogP contribution in [0.2, 0.25) is 0 Å².